The Labute approximate surface area is 176 Å². The van der Waals surface area contributed by atoms with E-state index in [0.717, 1.165) is 6.92 Å². The highest BCUT2D eigenvalue weighted by Gasteiger charge is 2.52. The number of hydrogen-bond acceptors (Lipinski definition) is 12. The zero-order chi connectivity index (χ0) is 23.7. The van der Waals surface area contributed by atoms with E-state index in [1.54, 1.807) is 0 Å². The van der Waals surface area contributed by atoms with Crippen LogP contribution in [-0.4, -0.2) is 118 Å². The molecule has 180 valence electrons. The molecule has 0 saturated carbocycles. The topological polar surface area (TPSA) is 239 Å². The van der Waals surface area contributed by atoms with Crippen LogP contribution in [0, 0.1) is 0 Å². The summed E-state index contributed by atoms with van der Waals surface area (Å²) in [6, 6.07) is -1.10. The molecule has 2 aliphatic rings. The van der Waals surface area contributed by atoms with Gasteiger partial charge in [0.1, 0.15) is 36.6 Å². The van der Waals surface area contributed by atoms with Gasteiger partial charge < -0.3 is 45.1 Å². The molecule has 0 spiro atoms. The van der Waals surface area contributed by atoms with Gasteiger partial charge in [0.15, 0.2) is 12.4 Å². The largest absolute Gasteiger partial charge is 0.479 e. The number of nitrogens with one attached hydrogen (secondary N) is 1. The third kappa shape index (κ3) is 6.28. The molecule has 16 heteroatoms. The van der Waals surface area contributed by atoms with Crippen molar-refractivity contribution in [1.29, 1.82) is 0 Å². The van der Waals surface area contributed by atoms with Gasteiger partial charge in [-0.25, -0.2) is 8.98 Å². The van der Waals surface area contributed by atoms with Gasteiger partial charge in [0.2, 0.25) is 5.91 Å². The molecule has 7 N–H and O–H groups in total. The van der Waals surface area contributed by atoms with Crippen molar-refractivity contribution < 1.29 is 66.5 Å². The lowest BCUT2D eigenvalue weighted by atomic mass is 9.92. The number of carboxylic acids is 1. The summed E-state index contributed by atoms with van der Waals surface area (Å²) < 4.78 is 50.5. The Balaban J connectivity index is 2.27. The maximum Gasteiger partial charge on any atom is 0.397 e. The first-order chi connectivity index (χ1) is 14.2. The van der Waals surface area contributed by atoms with Crippen LogP contribution in [0.15, 0.2) is 0 Å². The molecule has 0 bridgehead atoms. The highest BCUT2D eigenvalue weighted by molar-refractivity contribution is 7.80. The summed E-state index contributed by atoms with van der Waals surface area (Å²) in [5, 5.41) is 52.0. The summed E-state index contributed by atoms with van der Waals surface area (Å²) in [5.41, 5.74) is 0. The SMILES string of the molecule is CC(=O)NC1[C@@H](O[C@@H]2OC(C(=O)O)[C@@H](O)[C@H](O)C2O)[C@H](O)C(COS(=O)(=O)O)O[C@@H]1C. The molecule has 0 radical (unpaired) electrons. The number of carboxylic acid groups (broad SMARTS) is 1. The molecule has 0 aromatic heterocycles. The number of aliphatic carboxylic acids is 1. The first-order valence-corrected chi connectivity index (χ1v) is 10.4. The van der Waals surface area contributed by atoms with Gasteiger partial charge in [-0.1, -0.05) is 0 Å². The minimum Gasteiger partial charge on any atom is -0.479 e. The third-order valence-electron chi connectivity index (χ3n) is 4.82. The van der Waals surface area contributed by atoms with Crippen molar-refractivity contribution in [3.63, 3.8) is 0 Å². The molecule has 2 aliphatic heterocycles. The smallest absolute Gasteiger partial charge is 0.397 e. The summed E-state index contributed by atoms with van der Waals surface area (Å²) in [4.78, 5) is 22.8. The quantitative estimate of drug-likeness (QED) is 0.173. The lowest BCUT2D eigenvalue weighted by molar-refractivity contribution is -0.325. The van der Waals surface area contributed by atoms with Crippen LogP contribution in [0.5, 0.6) is 0 Å². The van der Waals surface area contributed by atoms with Crippen molar-refractivity contribution in [2.45, 2.75) is 75.0 Å². The second-order valence-electron chi connectivity index (χ2n) is 7.14. The van der Waals surface area contributed by atoms with Crippen molar-refractivity contribution in [1.82, 2.24) is 5.32 Å². The minimum atomic E-state index is -4.87. The monoisotopic (exact) mass is 475 g/mol. The number of carbonyl (C=O) groups is 2. The number of carbonyl (C=O) groups excluding carboxylic acids is 1. The summed E-state index contributed by atoms with van der Waals surface area (Å²) in [6.07, 6.45) is -15.3. The van der Waals surface area contributed by atoms with Crippen molar-refractivity contribution in [3.05, 3.63) is 0 Å². The van der Waals surface area contributed by atoms with Gasteiger partial charge >= 0.3 is 16.4 Å². The third-order valence-corrected chi connectivity index (χ3v) is 5.26. The average Bonchev–Trinajstić information content (AvgIpc) is 2.64. The number of aliphatic hydroxyl groups is 4. The van der Waals surface area contributed by atoms with E-state index < -0.39 is 90.0 Å². The van der Waals surface area contributed by atoms with Gasteiger partial charge in [-0.15, -0.1) is 0 Å². The molecule has 0 aromatic carbocycles. The van der Waals surface area contributed by atoms with E-state index in [4.69, 9.17) is 23.9 Å². The van der Waals surface area contributed by atoms with Gasteiger partial charge in [0, 0.05) is 6.92 Å². The van der Waals surface area contributed by atoms with E-state index in [2.05, 4.69) is 9.50 Å². The minimum absolute atomic E-state index is 0.571. The van der Waals surface area contributed by atoms with Crippen LogP contribution in [0.25, 0.3) is 0 Å². The van der Waals surface area contributed by atoms with Gasteiger partial charge in [-0.05, 0) is 6.92 Å². The Morgan fingerprint density at radius 1 is 1.03 bits per heavy atom. The Hall–Kier alpha value is -1.47. The zero-order valence-electron chi connectivity index (χ0n) is 16.3. The van der Waals surface area contributed by atoms with Gasteiger partial charge in [0.25, 0.3) is 0 Å². The maximum absolute atomic E-state index is 11.6. The highest BCUT2D eigenvalue weighted by atomic mass is 32.3. The van der Waals surface area contributed by atoms with Crippen LogP contribution in [0.3, 0.4) is 0 Å². The Kier molecular flexibility index (Phi) is 8.31. The summed E-state index contributed by atoms with van der Waals surface area (Å²) in [6.45, 7) is 1.74. The van der Waals surface area contributed by atoms with E-state index in [-0.39, 0.29) is 0 Å². The predicted octanol–water partition coefficient (Wildman–Crippen LogP) is -4.26. The molecule has 2 rings (SSSR count). The molecule has 1 amide bonds. The van der Waals surface area contributed by atoms with E-state index in [1.807, 2.05) is 0 Å². The van der Waals surface area contributed by atoms with Crippen LogP contribution >= 0.6 is 0 Å². The van der Waals surface area contributed by atoms with Gasteiger partial charge in [-0.3, -0.25) is 9.35 Å². The summed E-state index contributed by atoms with van der Waals surface area (Å²) in [7, 11) is -4.87. The first-order valence-electron chi connectivity index (χ1n) is 9.03. The normalized spacial score (nSPS) is 41.5. The Morgan fingerprint density at radius 2 is 1.65 bits per heavy atom. The van der Waals surface area contributed by atoms with Crippen LogP contribution in [0.1, 0.15) is 13.8 Å². The summed E-state index contributed by atoms with van der Waals surface area (Å²) >= 11 is 0. The second-order valence-corrected chi connectivity index (χ2v) is 8.24. The van der Waals surface area contributed by atoms with Crippen molar-refractivity contribution in [2.24, 2.45) is 0 Å². The molecular formula is C15H25NO14S. The number of amides is 1. The van der Waals surface area contributed by atoms with E-state index in [9.17, 15) is 38.4 Å². The van der Waals surface area contributed by atoms with Crippen LogP contribution in [0.2, 0.25) is 0 Å². The maximum atomic E-state index is 11.6. The molecule has 2 saturated heterocycles. The average molecular weight is 475 g/mol. The molecule has 4 unspecified atom stereocenters. The number of ether oxygens (including phenoxy) is 3. The predicted molar refractivity (Wildman–Crippen MR) is 94.6 cm³/mol. The molecule has 0 aliphatic carbocycles. The van der Waals surface area contributed by atoms with Crippen molar-refractivity contribution >= 4 is 22.3 Å². The fourth-order valence-corrected chi connectivity index (χ4v) is 3.65. The molecule has 15 nitrogen and oxygen atoms in total. The zero-order valence-corrected chi connectivity index (χ0v) is 17.2. The molecule has 0 aromatic rings. The van der Waals surface area contributed by atoms with E-state index in [1.165, 1.54) is 6.92 Å². The standard InChI is InChI=1S/C15H25NO14S/c1-4-7(16-5(2)17)12(8(18)6(28-4)3-27-31(24,25)26)29-15-11(21)9(19)10(20)13(30-15)14(22)23/h4,6-13,15,18-21H,3H2,1-2H3,(H,16,17)(H,22,23)(H,24,25,26)/t4-,6?,7?,8-,9+,10+,11?,12-,13?,15-/m1/s1. The van der Waals surface area contributed by atoms with Crippen molar-refractivity contribution in [2.75, 3.05) is 6.61 Å². The lowest BCUT2D eigenvalue weighted by Gasteiger charge is -2.46. The molecular weight excluding hydrogens is 450 g/mol. The number of aliphatic hydroxyl groups excluding tert-OH is 4. The van der Waals surface area contributed by atoms with Crippen molar-refractivity contribution in [3.8, 4) is 0 Å². The fourth-order valence-electron chi connectivity index (χ4n) is 3.34. The van der Waals surface area contributed by atoms with Gasteiger partial charge in [-0.2, -0.15) is 8.42 Å². The molecule has 31 heavy (non-hydrogen) atoms. The molecule has 2 fully saturated rings. The van der Waals surface area contributed by atoms with Crippen LogP contribution < -0.4 is 5.32 Å². The summed E-state index contributed by atoms with van der Waals surface area (Å²) in [5.74, 6) is -2.23. The Morgan fingerprint density at radius 3 is 2.16 bits per heavy atom. The van der Waals surface area contributed by atoms with E-state index in [0.29, 0.717) is 0 Å². The molecule has 2 heterocycles. The first kappa shape index (κ1) is 25.8. The highest BCUT2D eigenvalue weighted by Crippen LogP contribution is 2.29. The molecule has 10 atom stereocenters. The number of rotatable bonds is 7. The van der Waals surface area contributed by atoms with Gasteiger partial charge in [0.05, 0.1) is 18.8 Å². The lowest BCUT2D eigenvalue weighted by Crippen LogP contribution is -2.67. The fraction of sp³-hybridized carbons (Fsp3) is 0.867. The van der Waals surface area contributed by atoms with Crippen LogP contribution in [0.4, 0.5) is 0 Å². The second kappa shape index (κ2) is 9.99. The van der Waals surface area contributed by atoms with Crippen LogP contribution in [-0.2, 0) is 38.4 Å². The Bertz CT molecular complexity index is 761. The number of hydrogen-bond donors (Lipinski definition) is 7. The van der Waals surface area contributed by atoms with E-state index >= 15 is 0 Å².